The van der Waals surface area contributed by atoms with E-state index in [1.165, 1.54) is 6.33 Å². The van der Waals surface area contributed by atoms with Gasteiger partial charge in [0.25, 0.3) is 0 Å². The summed E-state index contributed by atoms with van der Waals surface area (Å²) in [6.45, 7) is 4.07. The van der Waals surface area contributed by atoms with Gasteiger partial charge in [0.1, 0.15) is 11.5 Å². The predicted molar refractivity (Wildman–Crippen MR) is 69.0 cm³/mol. The first kappa shape index (κ1) is 12.0. The molecule has 0 N–H and O–H groups in total. The largest absolute Gasteiger partial charge is 0.261 e. The standard InChI is InChI=1S/C13H14ClN3/c1-3-4-11-12(16-8-17-13(11)14)10-6-5-9(2)15-7-10/h5-8H,3-4H2,1-2H3. The van der Waals surface area contributed by atoms with Crippen LogP contribution in [-0.4, -0.2) is 15.0 Å². The van der Waals surface area contributed by atoms with Crippen LogP contribution in [0.2, 0.25) is 5.15 Å². The Bertz CT molecular complexity index is 509. The Kier molecular flexibility index (Phi) is 3.69. The van der Waals surface area contributed by atoms with Crippen molar-refractivity contribution < 1.29 is 0 Å². The van der Waals surface area contributed by atoms with E-state index in [9.17, 15) is 0 Å². The van der Waals surface area contributed by atoms with Gasteiger partial charge in [0, 0.05) is 23.0 Å². The van der Waals surface area contributed by atoms with Crippen LogP contribution in [0, 0.1) is 6.92 Å². The van der Waals surface area contributed by atoms with E-state index >= 15 is 0 Å². The molecule has 3 nitrogen and oxygen atoms in total. The fourth-order valence-corrected chi connectivity index (χ4v) is 1.95. The highest BCUT2D eigenvalue weighted by Crippen LogP contribution is 2.26. The summed E-state index contributed by atoms with van der Waals surface area (Å²) in [5, 5.41) is 0.539. The van der Waals surface area contributed by atoms with Gasteiger partial charge in [-0.05, 0) is 25.5 Å². The number of rotatable bonds is 3. The molecule has 4 heteroatoms. The minimum absolute atomic E-state index is 0.539. The van der Waals surface area contributed by atoms with Crippen molar-refractivity contribution >= 4 is 11.6 Å². The molecule has 0 fully saturated rings. The van der Waals surface area contributed by atoms with Crippen molar-refractivity contribution in [3.05, 3.63) is 41.1 Å². The summed E-state index contributed by atoms with van der Waals surface area (Å²) in [4.78, 5) is 12.6. The van der Waals surface area contributed by atoms with E-state index in [2.05, 4.69) is 21.9 Å². The number of pyridine rings is 1. The molecule has 0 aliphatic carbocycles. The van der Waals surface area contributed by atoms with Crippen LogP contribution in [0.3, 0.4) is 0 Å². The number of hydrogen-bond acceptors (Lipinski definition) is 3. The second-order valence-electron chi connectivity index (χ2n) is 3.93. The second kappa shape index (κ2) is 5.23. The SMILES string of the molecule is CCCc1c(Cl)ncnc1-c1ccc(C)nc1. The van der Waals surface area contributed by atoms with Crippen LogP contribution in [0.15, 0.2) is 24.7 Å². The minimum atomic E-state index is 0.539. The predicted octanol–water partition coefficient (Wildman–Crippen LogP) is 3.45. The van der Waals surface area contributed by atoms with Crippen molar-refractivity contribution in [2.75, 3.05) is 0 Å². The Hall–Kier alpha value is -1.48. The van der Waals surface area contributed by atoms with Crippen molar-refractivity contribution in [1.29, 1.82) is 0 Å². The molecule has 88 valence electrons. The highest BCUT2D eigenvalue weighted by Gasteiger charge is 2.10. The monoisotopic (exact) mass is 247 g/mol. The number of hydrogen-bond donors (Lipinski definition) is 0. The van der Waals surface area contributed by atoms with Gasteiger partial charge < -0.3 is 0 Å². The smallest absolute Gasteiger partial charge is 0.136 e. The average molecular weight is 248 g/mol. The summed E-state index contributed by atoms with van der Waals surface area (Å²) in [7, 11) is 0. The van der Waals surface area contributed by atoms with Crippen LogP contribution < -0.4 is 0 Å². The van der Waals surface area contributed by atoms with Crippen LogP contribution in [-0.2, 0) is 6.42 Å². The van der Waals surface area contributed by atoms with Gasteiger partial charge >= 0.3 is 0 Å². The third-order valence-electron chi connectivity index (χ3n) is 2.58. The summed E-state index contributed by atoms with van der Waals surface area (Å²) in [6, 6.07) is 3.99. The molecule has 17 heavy (non-hydrogen) atoms. The van der Waals surface area contributed by atoms with E-state index in [1.54, 1.807) is 0 Å². The van der Waals surface area contributed by atoms with Gasteiger partial charge in [-0.3, -0.25) is 4.98 Å². The Labute approximate surface area is 106 Å². The molecule has 2 heterocycles. The third-order valence-corrected chi connectivity index (χ3v) is 2.90. The lowest BCUT2D eigenvalue weighted by Gasteiger charge is -2.08. The van der Waals surface area contributed by atoms with E-state index in [-0.39, 0.29) is 0 Å². The molecular formula is C13H14ClN3. The van der Waals surface area contributed by atoms with Crippen LogP contribution in [0.4, 0.5) is 0 Å². The van der Waals surface area contributed by atoms with Crippen LogP contribution in [0.5, 0.6) is 0 Å². The average Bonchev–Trinajstić information content (AvgIpc) is 2.33. The van der Waals surface area contributed by atoms with Crippen LogP contribution >= 0.6 is 11.6 Å². The van der Waals surface area contributed by atoms with E-state index in [0.717, 1.165) is 35.4 Å². The number of aromatic nitrogens is 3. The summed E-state index contributed by atoms with van der Waals surface area (Å²) < 4.78 is 0. The number of aryl methyl sites for hydroxylation is 1. The lowest BCUT2D eigenvalue weighted by Crippen LogP contribution is -1.97. The number of halogens is 1. The summed E-state index contributed by atoms with van der Waals surface area (Å²) in [6.07, 6.45) is 5.21. The molecule has 0 saturated heterocycles. The zero-order chi connectivity index (χ0) is 12.3. The molecule has 0 atom stereocenters. The zero-order valence-corrected chi connectivity index (χ0v) is 10.7. The first-order valence-corrected chi connectivity index (χ1v) is 6.02. The molecular weight excluding hydrogens is 234 g/mol. The summed E-state index contributed by atoms with van der Waals surface area (Å²) in [5.41, 5.74) is 3.87. The maximum absolute atomic E-state index is 6.12. The molecule has 2 aromatic heterocycles. The van der Waals surface area contributed by atoms with Gasteiger partial charge in [-0.25, -0.2) is 9.97 Å². The molecule has 0 spiro atoms. The topological polar surface area (TPSA) is 38.7 Å². The molecule has 0 radical (unpaired) electrons. The maximum atomic E-state index is 6.12. The molecule has 0 aliphatic rings. The van der Waals surface area contributed by atoms with Crippen LogP contribution in [0.1, 0.15) is 24.6 Å². The molecule has 0 saturated carbocycles. The summed E-state index contributed by atoms with van der Waals surface area (Å²) >= 11 is 6.12. The van der Waals surface area contributed by atoms with Gasteiger partial charge in [-0.15, -0.1) is 0 Å². The quantitative estimate of drug-likeness (QED) is 0.780. The highest BCUT2D eigenvalue weighted by molar-refractivity contribution is 6.30. The Balaban J connectivity index is 2.50. The summed E-state index contributed by atoms with van der Waals surface area (Å²) in [5.74, 6) is 0. The Morgan fingerprint density at radius 2 is 2.00 bits per heavy atom. The van der Waals surface area contributed by atoms with Gasteiger partial charge in [-0.1, -0.05) is 24.9 Å². The fraction of sp³-hybridized carbons (Fsp3) is 0.308. The van der Waals surface area contributed by atoms with Crippen molar-refractivity contribution in [1.82, 2.24) is 15.0 Å². The zero-order valence-electron chi connectivity index (χ0n) is 9.94. The van der Waals surface area contributed by atoms with Gasteiger partial charge in [0.2, 0.25) is 0 Å². The Morgan fingerprint density at radius 1 is 1.18 bits per heavy atom. The molecule has 0 bridgehead atoms. The van der Waals surface area contributed by atoms with E-state index in [4.69, 9.17) is 11.6 Å². The minimum Gasteiger partial charge on any atom is -0.261 e. The van der Waals surface area contributed by atoms with E-state index in [0.29, 0.717) is 5.15 Å². The van der Waals surface area contributed by atoms with E-state index in [1.807, 2.05) is 25.3 Å². The van der Waals surface area contributed by atoms with Crippen molar-refractivity contribution in [2.45, 2.75) is 26.7 Å². The van der Waals surface area contributed by atoms with Gasteiger partial charge in [0.15, 0.2) is 0 Å². The maximum Gasteiger partial charge on any atom is 0.136 e. The Morgan fingerprint density at radius 3 is 2.65 bits per heavy atom. The normalized spacial score (nSPS) is 10.5. The molecule has 0 aliphatic heterocycles. The highest BCUT2D eigenvalue weighted by atomic mass is 35.5. The fourth-order valence-electron chi connectivity index (χ4n) is 1.72. The van der Waals surface area contributed by atoms with Crippen molar-refractivity contribution in [2.24, 2.45) is 0 Å². The number of nitrogens with zero attached hydrogens (tertiary/aromatic N) is 3. The lowest BCUT2D eigenvalue weighted by molar-refractivity contribution is 0.903. The van der Waals surface area contributed by atoms with Crippen molar-refractivity contribution in [3.63, 3.8) is 0 Å². The molecule has 2 rings (SSSR count). The molecule has 0 aromatic carbocycles. The molecule has 0 amide bonds. The molecule has 0 unspecified atom stereocenters. The second-order valence-corrected chi connectivity index (χ2v) is 4.29. The lowest BCUT2D eigenvalue weighted by atomic mass is 10.1. The first-order valence-electron chi connectivity index (χ1n) is 5.64. The third kappa shape index (κ3) is 2.61. The van der Waals surface area contributed by atoms with Crippen LogP contribution in [0.25, 0.3) is 11.3 Å². The molecule has 2 aromatic rings. The van der Waals surface area contributed by atoms with Crippen molar-refractivity contribution in [3.8, 4) is 11.3 Å². The van der Waals surface area contributed by atoms with Gasteiger partial charge in [-0.2, -0.15) is 0 Å². The first-order chi connectivity index (χ1) is 8.22. The van der Waals surface area contributed by atoms with Gasteiger partial charge in [0.05, 0.1) is 5.69 Å². The van der Waals surface area contributed by atoms with E-state index < -0.39 is 0 Å².